The summed E-state index contributed by atoms with van der Waals surface area (Å²) < 4.78 is 20.0. The summed E-state index contributed by atoms with van der Waals surface area (Å²) in [6.07, 6.45) is 0. The van der Waals surface area contributed by atoms with Gasteiger partial charge >= 0.3 is 0 Å². The summed E-state index contributed by atoms with van der Waals surface area (Å²) in [5.74, 6) is 0.121. The normalized spacial score (nSPS) is 19.8. The Balaban J connectivity index is 2.35. The highest BCUT2D eigenvalue weighted by Gasteiger charge is 2.35. The van der Waals surface area contributed by atoms with Crippen LogP contribution < -0.4 is 13.8 Å². The smallest absolute Gasteiger partial charge is 0.287 e. The third-order valence-corrected chi connectivity index (χ3v) is 3.27. The van der Waals surface area contributed by atoms with Gasteiger partial charge in [0.1, 0.15) is 17.2 Å². The van der Waals surface area contributed by atoms with Crippen molar-refractivity contribution in [3.8, 4) is 11.5 Å². The molecule has 1 aromatic rings. The van der Waals surface area contributed by atoms with Crippen LogP contribution in [0.25, 0.3) is 0 Å². The topological polar surface area (TPSA) is 84.9 Å². The van der Waals surface area contributed by atoms with Crippen molar-refractivity contribution in [2.45, 2.75) is 0 Å². The molecule has 1 heterocycles. The van der Waals surface area contributed by atoms with Crippen LogP contribution in [-0.2, 0) is 16.3 Å². The second-order valence-corrected chi connectivity index (χ2v) is 4.31. The highest BCUT2D eigenvalue weighted by Crippen LogP contribution is 2.33. The average molecular weight is 242 g/mol. The number of phenols is 1. The van der Waals surface area contributed by atoms with Crippen molar-refractivity contribution in [1.29, 1.82) is 0 Å². The van der Waals surface area contributed by atoms with Crippen LogP contribution >= 0.6 is 0 Å². The third-order valence-electron chi connectivity index (χ3n) is 2.14. The number of amides is 1. The molecule has 2 rings (SSSR count). The maximum atomic E-state index is 11.5. The minimum atomic E-state index is -1.64. The number of nitrogens with one attached hydrogen (secondary N) is 1. The van der Waals surface area contributed by atoms with Crippen LogP contribution in [0.5, 0.6) is 11.5 Å². The number of phenolic OH excluding ortho intramolecular Hbond substituents is 1. The zero-order valence-electron chi connectivity index (χ0n) is 8.47. The summed E-state index contributed by atoms with van der Waals surface area (Å²) >= 11 is -1.64. The quantitative estimate of drug-likeness (QED) is 0.708. The first-order valence-corrected chi connectivity index (χ1v) is 5.58. The molecule has 0 radical (unpaired) electrons. The summed E-state index contributed by atoms with van der Waals surface area (Å²) in [5, 5.41) is 9.62. The predicted octanol–water partition coefficient (Wildman–Crippen LogP) is -0.0843. The molecule has 0 aliphatic carbocycles. The fraction of sp³-hybridized carbons (Fsp3) is 0.222. The van der Waals surface area contributed by atoms with Gasteiger partial charge < -0.3 is 14.4 Å². The first-order valence-electron chi connectivity index (χ1n) is 4.47. The lowest BCUT2D eigenvalue weighted by molar-refractivity contribution is -0.117. The Morgan fingerprint density at radius 3 is 2.94 bits per heavy atom. The van der Waals surface area contributed by atoms with Crippen molar-refractivity contribution < 1.29 is 19.2 Å². The largest absolute Gasteiger partial charge is 0.568 e. The van der Waals surface area contributed by atoms with Gasteiger partial charge in [0.25, 0.3) is 5.91 Å². The van der Waals surface area contributed by atoms with E-state index >= 15 is 0 Å². The number of anilines is 1. The second kappa shape index (κ2) is 4.11. The Bertz CT molecular complexity index is 426. The molecule has 0 bridgehead atoms. The molecule has 1 atom stereocenters. The lowest BCUT2D eigenvalue weighted by Crippen LogP contribution is -2.29. The lowest BCUT2D eigenvalue weighted by Gasteiger charge is -2.16. The van der Waals surface area contributed by atoms with Crippen molar-refractivity contribution in [3.63, 3.8) is 0 Å². The molecule has 6 nitrogen and oxygen atoms in total. The number of aromatic hydroxyl groups is 1. The molecule has 1 amide bonds. The first-order chi connectivity index (χ1) is 7.61. The molecule has 0 aromatic heterocycles. The van der Waals surface area contributed by atoms with Crippen LogP contribution in [0.3, 0.4) is 0 Å². The average Bonchev–Trinajstić information content (AvgIpc) is 2.58. The van der Waals surface area contributed by atoms with Gasteiger partial charge in [0.05, 0.1) is 7.11 Å². The van der Waals surface area contributed by atoms with E-state index in [2.05, 4.69) is 4.72 Å². The highest BCUT2D eigenvalue weighted by atomic mass is 32.2. The number of ether oxygens (including phenoxy) is 1. The second-order valence-electron chi connectivity index (χ2n) is 3.17. The summed E-state index contributed by atoms with van der Waals surface area (Å²) in [7, 11) is 1.49. The number of rotatable bonds is 2. The van der Waals surface area contributed by atoms with Crippen LogP contribution in [0, 0.1) is 0 Å². The van der Waals surface area contributed by atoms with Crippen molar-refractivity contribution in [1.82, 2.24) is 4.72 Å². The third kappa shape index (κ3) is 1.86. The molecule has 1 unspecified atom stereocenters. The van der Waals surface area contributed by atoms with E-state index in [0.29, 0.717) is 11.4 Å². The van der Waals surface area contributed by atoms with Crippen molar-refractivity contribution >= 4 is 23.1 Å². The monoisotopic (exact) mass is 242 g/mol. The van der Waals surface area contributed by atoms with Gasteiger partial charge in [0.15, 0.2) is 18.1 Å². The molecular formula is C9H10N2O4S. The van der Waals surface area contributed by atoms with Gasteiger partial charge in [-0.15, -0.1) is 4.72 Å². The molecule has 0 saturated carbocycles. The standard InChI is InChI=1S/C9H10N2O4S/c1-15-6-2-3-8(12)7(4-6)11-5-9(13)10-16(11)14/h2-4,12H,5H2,1H3,(H,10,13). The number of hydrogen-bond acceptors (Lipinski definition) is 5. The van der Waals surface area contributed by atoms with Crippen LogP contribution in [0.15, 0.2) is 18.2 Å². The summed E-state index contributed by atoms with van der Waals surface area (Å²) in [6.45, 7) is -0.0483. The molecule has 1 fully saturated rings. The van der Waals surface area contributed by atoms with Gasteiger partial charge in [-0.1, -0.05) is 0 Å². The van der Waals surface area contributed by atoms with Gasteiger partial charge in [-0.05, 0) is 12.1 Å². The van der Waals surface area contributed by atoms with E-state index in [1.54, 1.807) is 6.07 Å². The fourth-order valence-corrected chi connectivity index (χ4v) is 2.31. The number of benzene rings is 1. The molecule has 1 aliphatic rings. The fourth-order valence-electron chi connectivity index (χ4n) is 1.38. The molecule has 7 heteroatoms. The van der Waals surface area contributed by atoms with Gasteiger partial charge in [0, 0.05) is 6.07 Å². The van der Waals surface area contributed by atoms with Crippen LogP contribution in [-0.4, -0.2) is 29.2 Å². The van der Waals surface area contributed by atoms with Crippen LogP contribution in [0.4, 0.5) is 5.69 Å². The van der Waals surface area contributed by atoms with Crippen molar-refractivity contribution in [2.24, 2.45) is 0 Å². The van der Waals surface area contributed by atoms with Crippen LogP contribution in [0.2, 0.25) is 0 Å². The van der Waals surface area contributed by atoms with Crippen molar-refractivity contribution in [2.75, 3.05) is 18.0 Å². The molecule has 1 aromatic carbocycles. The molecular weight excluding hydrogens is 232 g/mol. The van der Waals surface area contributed by atoms with Crippen LogP contribution in [0.1, 0.15) is 0 Å². The molecule has 0 spiro atoms. The number of hydrogen-bond donors (Lipinski definition) is 2. The Hall–Kier alpha value is -1.60. The van der Waals surface area contributed by atoms with E-state index in [9.17, 15) is 14.5 Å². The molecule has 2 N–H and O–H groups in total. The minimum Gasteiger partial charge on any atom is -0.568 e. The number of carbonyl (C=O) groups excluding carboxylic acids is 1. The Kier molecular flexibility index (Phi) is 2.80. The number of nitrogens with zero attached hydrogens (tertiary/aromatic N) is 1. The number of methoxy groups -OCH3 is 1. The zero-order chi connectivity index (χ0) is 11.7. The SMILES string of the molecule is COc1ccc(O)c(N2CC(=O)N[S+]2[O-])c1. The molecule has 1 aliphatic heterocycles. The molecule has 86 valence electrons. The first kappa shape index (κ1) is 10.9. The Labute approximate surface area is 95.3 Å². The highest BCUT2D eigenvalue weighted by molar-refractivity contribution is 7.92. The summed E-state index contributed by atoms with van der Waals surface area (Å²) in [4.78, 5) is 11.0. The lowest BCUT2D eigenvalue weighted by atomic mass is 10.2. The van der Waals surface area contributed by atoms with E-state index < -0.39 is 11.5 Å². The summed E-state index contributed by atoms with van der Waals surface area (Å²) in [6, 6.07) is 4.52. The van der Waals surface area contributed by atoms with E-state index in [1.807, 2.05) is 0 Å². The van der Waals surface area contributed by atoms with E-state index in [1.165, 1.54) is 23.5 Å². The van der Waals surface area contributed by atoms with Gasteiger partial charge in [-0.25, -0.2) is 0 Å². The maximum Gasteiger partial charge on any atom is 0.287 e. The minimum absolute atomic E-state index is 0.0483. The Morgan fingerprint density at radius 1 is 1.62 bits per heavy atom. The maximum absolute atomic E-state index is 11.5. The summed E-state index contributed by atoms with van der Waals surface area (Å²) in [5.41, 5.74) is 0.302. The zero-order valence-corrected chi connectivity index (χ0v) is 9.28. The number of carbonyl (C=O) groups is 1. The van der Waals surface area contributed by atoms with Gasteiger partial charge in [-0.2, -0.15) is 4.31 Å². The van der Waals surface area contributed by atoms with E-state index in [4.69, 9.17) is 4.74 Å². The van der Waals surface area contributed by atoms with E-state index in [-0.39, 0.29) is 18.2 Å². The molecule has 1 saturated heterocycles. The van der Waals surface area contributed by atoms with Gasteiger partial charge in [0.2, 0.25) is 0 Å². The Morgan fingerprint density at radius 2 is 2.38 bits per heavy atom. The van der Waals surface area contributed by atoms with E-state index in [0.717, 1.165) is 0 Å². The molecule has 16 heavy (non-hydrogen) atoms. The van der Waals surface area contributed by atoms with Gasteiger partial charge in [-0.3, -0.25) is 4.79 Å². The predicted molar refractivity (Wildman–Crippen MR) is 58.3 cm³/mol. The van der Waals surface area contributed by atoms with Crippen molar-refractivity contribution in [3.05, 3.63) is 18.2 Å².